The Bertz CT molecular complexity index is 1040. The lowest BCUT2D eigenvalue weighted by molar-refractivity contribution is -0.585. The van der Waals surface area contributed by atoms with Gasteiger partial charge in [0, 0.05) is 17.2 Å². The molecule has 140 valence electrons. The maximum absolute atomic E-state index is 13.3. The van der Waals surface area contributed by atoms with Crippen LogP contribution in [0.15, 0.2) is 66.1 Å². The fourth-order valence-corrected chi connectivity index (χ4v) is 5.76. The predicted molar refractivity (Wildman–Crippen MR) is 101 cm³/mol. The molecule has 7 nitrogen and oxygen atoms in total. The number of hydrogen-bond donors (Lipinski definition) is 1. The van der Waals surface area contributed by atoms with Crippen molar-refractivity contribution in [3.63, 3.8) is 0 Å². The van der Waals surface area contributed by atoms with Crippen molar-refractivity contribution in [3.05, 3.63) is 82.4 Å². The minimum Gasteiger partial charge on any atom is -0.362 e. The van der Waals surface area contributed by atoms with Crippen molar-refractivity contribution in [1.82, 2.24) is 4.31 Å². The van der Waals surface area contributed by atoms with Crippen LogP contribution >= 0.6 is 0 Å². The van der Waals surface area contributed by atoms with Gasteiger partial charge in [-0.3, -0.25) is 10.1 Å². The van der Waals surface area contributed by atoms with Crippen LogP contribution in [0.5, 0.6) is 0 Å². The molecule has 1 saturated heterocycles. The van der Waals surface area contributed by atoms with E-state index in [-0.39, 0.29) is 16.4 Å². The van der Waals surface area contributed by atoms with Crippen LogP contribution in [0.25, 0.3) is 0 Å². The number of nitrogens with one attached hydrogen (secondary N) is 1. The van der Waals surface area contributed by atoms with Crippen LogP contribution in [0.4, 0.5) is 5.69 Å². The van der Waals surface area contributed by atoms with E-state index in [0.717, 1.165) is 5.56 Å². The van der Waals surface area contributed by atoms with Crippen molar-refractivity contribution >= 4 is 15.7 Å². The quantitative estimate of drug-likeness (QED) is 0.496. The molecule has 0 aliphatic carbocycles. The first-order valence-corrected chi connectivity index (χ1v) is 9.99. The van der Waals surface area contributed by atoms with E-state index in [1.807, 2.05) is 6.92 Å². The lowest BCUT2D eigenvalue weighted by atomic mass is 9.81. The van der Waals surface area contributed by atoms with Gasteiger partial charge in [-0.05, 0) is 31.2 Å². The first-order valence-electron chi connectivity index (χ1n) is 8.55. The van der Waals surface area contributed by atoms with Gasteiger partial charge in [0.15, 0.2) is 6.17 Å². The third-order valence-corrected chi connectivity index (χ3v) is 7.36. The molecule has 3 atom stereocenters. The number of benzene rings is 2. The first kappa shape index (κ1) is 17.7. The third kappa shape index (κ3) is 2.26. The second-order valence-electron chi connectivity index (χ2n) is 6.90. The Morgan fingerprint density at radius 2 is 1.93 bits per heavy atom. The Hall–Kier alpha value is -2.71. The molecule has 4 rings (SSSR count). The van der Waals surface area contributed by atoms with Crippen LogP contribution in [-0.4, -0.2) is 30.4 Å². The van der Waals surface area contributed by atoms with Crippen molar-refractivity contribution in [2.45, 2.75) is 23.5 Å². The smallest absolute Gasteiger partial charge is 0.290 e. The van der Waals surface area contributed by atoms with Crippen molar-refractivity contribution < 1.29 is 13.3 Å². The summed E-state index contributed by atoms with van der Waals surface area (Å²) in [6.45, 7) is 5.61. The highest BCUT2D eigenvalue weighted by molar-refractivity contribution is 7.89. The molecule has 2 aliphatic heterocycles. The van der Waals surface area contributed by atoms with Gasteiger partial charge in [0.05, 0.1) is 16.4 Å². The summed E-state index contributed by atoms with van der Waals surface area (Å²) in [6.07, 6.45) is 0.476. The molecule has 0 amide bonds. The molecule has 2 heterocycles. The van der Waals surface area contributed by atoms with Crippen LogP contribution in [-0.2, 0) is 15.6 Å². The van der Waals surface area contributed by atoms with E-state index >= 15 is 0 Å². The molecule has 2 aliphatic rings. The zero-order valence-corrected chi connectivity index (χ0v) is 15.5. The van der Waals surface area contributed by atoms with Gasteiger partial charge in [-0.25, -0.2) is 8.42 Å². The highest BCUT2D eigenvalue weighted by Crippen LogP contribution is 2.53. The Kier molecular flexibility index (Phi) is 3.87. The van der Waals surface area contributed by atoms with Gasteiger partial charge in [-0.1, -0.05) is 35.9 Å². The summed E-state index contributed by atoms with van der Waals surface area (Å²) in [5, 5.41) is 15.4. The van der Waals surface area contributed by atoms with E-state index in [4.69, 9.17) is 0 Å². The maximum Gasteiger partial charge on any atom is 0.290 e. The van der Waals surface area contributed by atoms with Gasteiger partial charge in [0.25, 0.3) is 5.54 Å². The lowest BCUT2D eigenvalue weighted by Gasteiger charge is -2.26. The average molecular weight is 385 g/mol. The molecule has 2 aromatic carbocycles. The van der Waals surface area contributed by atoms with Gasteiger partial charge >= 0.3 is 0 Å². The number of fused-ring (bicyclic) bond motifs is 3. The van der Waals surface area contributed by atoms with Gasteiger partial charge in [0.2, 0.25) is 10.0 Å². The van der Waals surface area contributed by atoms with E-state index in [1.54, 1.807) is 36.4 Å². The molecule has 1 fully saturated rings. The summed E-state index contributed by atoms with van der Waals surface area (Å²) in [5.41, 5.74) is 0.405. The summed E-state index contributed by atoms with van der Waals surface area (Å²) in [7, 11) is -3.92. The highest BCUT2D eigenvalue weighted by atomic mass is 32.2. The SMILES string of the molecule is C=C[C@H]1CN(S(=O)(=O)c2ccc(C)cc2)[C@@H]2Nc3ccccc3[C@]12[N+](=O)[O-]. The standard InChI is InChI=1S/C19H19N3O4S/c1-3-14-12-21(27(25,26)15-10-8-13(2)9-11-15)18-19(14,22(23)24)16-6-4-5-7-17(16)20-18/h3-11,14,18,20H,1,12H2,2H3/t14-,18-,19+/m0/s1. The predicted octanol–water partition coefficient (Wildman–Crippen LogP) is 2.73. The number of para-hydroxylation sites is 1. The molecular formula is C19H19N3O4S. The zero-order chi connectivity index (χ0) is 19.4. The van der Waals surface area contributed by atoms with Crippen LogP contribution in [0, 0.1) is 23.0 Å². The molecule has 1 N–H and O–H groups in total. The molecule has 2 aromatic rings. The Morgan fingerprint density at radius 1 is 1.26 bits per heavy atom. The molecular weight excluding hydrogens is 366 g/mol. The van der Waals surface area contributed by atoms with Crippen molar-refractivity contribution in [2.24, 2.45) is 5.92 Å². The van der Waals surface area contributed by atoms with Gasteiger partial charge in [0.1, 0.15) is 0 Å². The van der Waals surface area contributed by atoms with Gasteiger partial charge in [-0.2, -0.15) is 4.31 Å². The number of nitrogens with zero attached hydrogens (tertiary/aromatic N) is 2. The number of rotatable bonds is 4. The minimum absolute atomic E-state index is 0.00725. The van der Waals surface area contributed by atoms with Crippen LogP contribution in [0.3, 0.4) is 0 Å². The number of hydrogen-bond acceptors (Lipinski definition) is 5. The largest absolute Gasteiger partial charge is 0.362 e. The van der Waals surface area contributed by atoms with E-state index in [9.17, 15) is 18.5 Å². The second-order valence-corrected chi connectivity index (χ2v) is 8.80. The van der Waals surface area contributed by atoms with Crippen LogP contribution in [0.2, 0.25) is 0 Å². The number of anilines is 1. The van der Waals surface area contributed by atoms with E-state index in [1.165, 1.54) is 22.5 Å². The fraction of sp³-hybridized carbons (Fsp3) is 0.263. The molecule has 27 heavy (non-hydrogen) atoms. The molecule has 0 saturated carbocycles. The first-order chi connectivity index (χ1) is 12.8. The lowest BCUT2D eigenvalue weighted by Crippen LogP contribution is -2.51. The number of sulfonamides is 1. The topological polar surface area (TPSA) is 92.6 Å². The van der Waals surface area contributed by atoms with E-state index in [0.29, 0.717) is 11.3 Å². The summed E-state index contributed by atoms with van der Waals surface area (Å²) in [6, 6.07) is 13.4. The maximum atomic E-state index is 13.3. The molecule has 0 bridgehead atoms. The van der Waals surface area contributed by atoms with Gasteiger partial charge < -0.3 is 5.32 Å². The second kappa shape index (κ2) is 5.90. The number of nitro groups is 1. The Morgan fingerprint density at radius 3 is 2.56 bits per heavy atom. The molecule has 0 spiro atoms. The summed E-state index contributed by atoms with van der Waals surface area (Å²) >= 11 is 0. The molecule has 0 radical (unpaired) electrons. The fourth-order valence-electron chi connectivity index (χ4n) is 4.17. The van der Waals surface area contributed by atoms with Crippen molar-refractivity contribution in [1.29, 1.82) is 0 Å². The summed E-state index contributed by atoms with van der Waals surface area (Å²) in [4.78, 5) is 12.0. The average Bonchev–Trinajstić information content (AvgIpc) is 3.15. The minimum atomic E-state index is -3.92. The van der Waals surface area contributed by atoms with Crippen LogP contribution < -0.4 is 5.32 Å². The third-order valence-electron chi connectivity index (χ3n) is 5.51. The summed E-state index contributed by atoms with van der Waals surface area (Å²) < 4.78 is 27.8. The van der Waals surface area contributed by atoms with E-state index < -0.39 is 27.6 Å². The Balaban J connectivity index is 1.89. The highest BCUT2D eigenvalue weighted by Gasteiger charge is 2.70. The Labute approximate surface area is 157 Å². The molecule has 0 aromatic heterocycles. The van der Waals surface area contributed by atoms with Gasteiger partial charge in [-0.15, -0.1) is 6.58 Å². The number of aryl methyl sites for hydroxylation is 1. The van der Waals surface area contributed by atoms with Crippen molar-refractivity contribution in [2.75, 3.05) is 11.9 Å². The molecule has 0 unspecified atom stereocenters. The van der Waals surface area contributed by atoms with Crippen molar-refractivity contribution in [3.8, 4) is 0 Å². The monoisotopic (exact) mass is 385 g/mol. The zero-order valence-electron chi connectivity index (χ0n) is 14.7. The van der Waals surface area contributed by atoms with E-state index in [2.05, 4.69) is 11.9 Å². The normalized spacial score (nSPS) is 26.9. The molecule has 8 heteroatoms. The van der Waals surface area contributed by atoms with Crippen LogP contribution in [0.1, 0.15) is 11.1 Å². The summed E-state index contributed by atoms with van der Waals surface area (Å²) in [5.74, 6) is -0.658.